The summed E-state index contributed by atoms with van der Waals surface area (Å²) in [6, 6.07) is 7.70. The number of urea groups is 1. The van der Waals surface area contributed by atoms with Crippen LogP contribution in [0.4, 0.5) is 10.5 Å². The highest BCUT2D eigenvalue weighted by Gasteiger charge is 2.18. The summed E-state index contributed by atoms with van der Waals surface area (Å²) in [5.74, 6) is -0.462. The molecule has 7 heteroatoms. The number of aryl methyl sites for hydroxylation is 1. The zero-order valence-corrected chi connectivity index (χ0v) is 17.0. The SMILES string of the molecule is CCCCCN(Cc1nc(C(=O)OC)cs1)C(=O)Nc1cccc(CC)c1. The van der Waals surface area contributed by atoms with Crippen LogP contribution in [0.15, 0.2) is 29.6 Å². The van der Waals surface area contributed by atoms with Gasteiger partial charge in [-0.25, -0.2) is 14.6 Å². The average Bonchev–Trinajstić information content (AvgIpc) is 3.15. The van der Waals surface area contributed by atoms with Crippen molar-refractivity contribution >= 4 is 29.0 Å². The predicted octanol–water partition coefficient (Wildman–Crippen LogP) is 4.72. The van der Waals surface area contributed by atoms with E-state index < -0.39 is 5.97 Å². The van der Waals surface area contributed by atoms with Gasteiger partial charge in [0, 0.05) is 17.6 Å². The molecule has 2 rings (SSSR count). The monoisotopic (exact) mass is 389 g/mol. The van der Waals surface area contributed by atoms with Crippen molar-refractivity contribution in [1.82, 2.24) is 9.88 Å². The summed E-state index contributed by atoms with van der Waals surface area (Å²) < 4.78 is 4.69. The second-order valence-corrected chi connectivity index (χ2v) is 7.17. The summed E-state index contributed by atoms with van der Waals surface area (Å²) in [7, 11) is 1.33. The fourth-order valence-corrected chi connectivity index (χ4v) is 3.40. The van der Waals surface area contributed by atoms with Crippen molar-refractivity contribution in [1.29, 1.82) is 0 Å². The van der Waals surface area contributed by atoms with Gasteiger partial charge in [0.1, 0.15) is 5.01 Å². The summed E-state index contributed by atoms with van der Waals surface area (Å²) in [6.45, 7) is 5.22. The molecule has 0 bridgehead atoms. The first-order valence-electron chi connectivity index (χ1n) is 9.25. The number of carbonyl (C=O) groups is 2. The minimum Gasteiger partial charge on any atom is -0.464 e. The van der Waals surface area contributed by atoms with Crippen LogP contribution in [0.3, 0.4) is 0 Å². The van der Waals surface area contributed by atoms with Crippen LogP contribution in [0.25, 0.3) is 0 Å². The lowest BCUT2D eigenvalue weighted by Crippen LogP contribution is -2.35. The van der Waals surface area contributed by atoms with E-state index in [2.05, 4.69) is 24.1 Å². The van der Waals surface area contributed by atoms with Crippen molar-refractivity contribution in [3.8, 4) is 0 Å². The van der Waals surface area contributed by atoms with Gasteiger partial charge in [-0.1, -0.05) is 38.8 Å². The van der Waals surface area contributed by atoms with Gasteiger partial charge in [-0.2, -0.15) is 0 Å². The van der Waals surface area contributed by atoms with Crippen LogP contribution in [0.1, 0.15) is 54.2 Å². The molecule has 0 aliphatic rings. The fraction of sp³-hybridized carbons (Fsp3) is 0.450. The number of ether oxygens (including phenoxy) is 1. The first-order chi connectivity index (χ1) is 13.1. The Kier molecular flexibility index (Phi) is 8.26. The molecular formula is C20H27N3O3S. The summed E-state index contributed by atoms with van der Waals surface area (Å²) in [4.78, 5) is 30.4. The smallest absolute Gasteiger partial charge is 0.357 e. The van der Waals surface area contributed by atoms with Gasteiger partial charge in [0.15, 0.2) is 5.69 Å². The first kappa shape index (κ1) is 20.9. The van der Waals surface area contributed by atoms with Gasteiger partial charge in [-0.3, -0.25) is 0 Å². The van der Waals surface area contributed by atoms with E-state index in [0.717, 1.165) is 31.4 Å². The Morgan fingerprint density at radius 3 is 2.78 bits per heavy atom. The molecule has 0 unspecified atom stereocenters. The molecule has 1 aromatic heterocycles. The van der Waals surface area contributed by atoms with Crippen LogP contribution in [0, 0.1) is 0 Å². The van der Waals surface area contributed by atoms with Gasteiger partial charge in [0.25, 0.3) is 0 Å². The Morgan fingerprint density at radius 2 is 2.07 bits per heavy atom. The number of hydrogen-bond acceptors (Lipinski definition) is 5. The van der Waals surface area contributed by atoms with Crippen LogP contribution >= 0.6 is 11.3 Å². The predicted molar refractivity (Wildman–Crippen MR) is 108 cm³/mol. The lowest BCUT2D eigenvalue weighted by Gasteiger charge is -2.22. The number of methoxy groups -OCH3 is 1. The van der Waals surface area contributed by atoms with E-state index in [-0.39, 0.29) is 11.7 Å². The third-order valence-corrected chi connectivity index (χ3v) is 5.01. The molecule has 0 aliphatic carbocycles. The number of benzene rings is 1. The highest BCUT2D eigenvalue weighted by atomic mass is 32.1. The van der Waals surface area contributed by atoms with Crippen molar-refractivity contribution in [3.05, 3.63) is 45.9 Å². The molecule has 0 atom stereocenters. The van der Waals surface area contributed by atoms with Crippen LogP contribution in [-0.4, -0.2) is 35.5 Å². The molecule has 146 valence electrons. The van der Waals surface area contributed by atoms with E-state index in [1.54, 1.807) is 10.3 Å². The van der Waals surface area contributed by atoms with Crippen LogP contribution < -0.4 is 5.32 Å². The quantitative estimate of drug-likeness (QED) is 0.498. The van der Waals surface area contributed by atoms with Crippen molar-refractivity contribution in [2.24, 2.45) is 0 Å². The lowest BCUT2D eigenvalue weighted by atomic mass is 10.1. The maximum Gasteiger partial charge on any atom is 0.357 e. The molecule has 1 heterocycles. The molecule has 6 nitrogen and oxygen atoms in total. The molecule has 2 aromatic rings. The normalized spacial score (nSPS) is 10.5. The van der Waals surface area contributed by atoms with Gasteiger partial charge in [0.05, 0.1) is 13.7 Å². The number of unbranched alkanes of at least 4 members (excludes halogenated alkanes) is 2. The number of esters is 1. The molecule has 0 aliphatic heterocycles. The second-order valence-electron chi connectivity index (χ2n) is 6.23. The van der Waals surface area contributed by atoms with Crippen LogP contribution in [0.5, 0.6) is 0 Å². The number of hydrogen-bond donors (Lipinski definition) is 1. The molecule has 1 N–H and O–H groups in total. The highest BCUT2D eigenvalue weighted by molar-refractivity contribution is 7.09. The van der Waals surface area contributed by atoms with E-state index in [1.807, 2.05) is 24.3 Å². The van der Waals surface area contributed by atoms with Crippen molar-refractivity contribution in [3.63, 3.8) is 0 Å². The summed E-state index contributed by atoms with van der Waals surface area (Å²) in [5.41, 5.74) is 2.24. The standard InChI is InChI=1S/C20H27N3O3S/c1-4-6-7-11-23(13-18-22-17(14-27-18)19(24)26-3)20(25)21-16-10-8-9-15(5-2)12-16/h8-10,12,14H,4-7,11,13H2,1-3H3,(H,21,25). The molecule has 0 fully saturated rings. The molecule has 0 spiro atoms. The molecule has 0 saturated carbocycles. The number of carbonyl (C=O) groups excluding carboxylic acids is 2. The molecule has 0 radical (unpaired) electrons. The van der Waals surface area contributed by atoms with Gasteiger partial charge in [0.2, 0.25) is 0 Å². The minimum absolute atomic E-state index is 0.158. The molecule has 0 saturated heterocycles. The fourth-order valence-electron chi connectivity index (χ4n) is 2.62. The van der Waals surface area contributed by atoms with E-state index in [1.165, 1.54) is 24.0 Å². The van der Waals surface area contributed by atoms with Gasteiger partial charge in [-0.05, 0) is 30.5 Å². The van der Waals surface area contributed by atoms with E-state index in [0.29, 0.717) is 18.1 Å². The minimum atomic E-state index is -0.462. The van der Waals surface area contributed by atoms with Crippen molar-refractivity contribution in [2.45, 2.75) is 46.1 Å². The number of nitrogens with zero attached hydrogens (tertiary/aromatic N) is 2. The summed E-state index contributed by atoms with van der Waals surface area (Å²) >= 11 is 1.36. The number of amides is 2. The Labute approximate surface area is 164 Å². The topological polar surface area (TPSA) is 71.5 Å². The zero-order valence-electron chi connectivity index (χ0n) is 16.2. The maximum atomic E-state index is 12.8. The van der Waals surface area contributed by atoms with Gasteiger partial charge in [-0.15, -0.1) is 11.3 Å². The number of rotatable bonds is 9. The van der Waals surface area contributed by atoms with E-state index in [4.69, 9.17) is 4.74 Å². The van der Waals surface area contributed by atoms with Crippen LogP contribution in [0.2, 0.25) is 0 Å². The largest absolute Gasteiger partial charge is 0.464 e. The van der Waals surface area contributed by atoms with Crippen molar-refractivity contribution < 1.29 is 14.3 Å². The molecule has 27 heavy (non-hydrogen) atoms. The molecular weight excluding hydrogens is 362 g/mol. The van der Waals surface area contributed by atoms with E-state index in [9.17, 15) is 9.59 Å². The van der Waals surface area contributed by atoms with Crippen molar-refractivity contribution in [2.75, 3.05) is 19.0 Å². The lowest BCUT2D eigenvalue weighted by molar-refractivity contribution is 0.0594. The Hall–Kier alpha value is -2.41. The Morgan fingerprint density at radius 1 is 1.26 bits per heavy atom. The zero-order chi connectivity index (χ0) is 19.6. The second kappa shape index (κ2) is 10.7. The number of nitrogens with one attached hydrogen (secondary N) is 1. The Balaban J connectivity index is 2.08. The first-order valence-corrected chi connectivity index (χ1v) is 10.1. The molecule has 1 aromatic carbocycles. The highest BCUT2D eigenvalue weighted by Crippen LogP contribution is 2.16. The van der Waals surface area contributed by atoms with Gasteiger partial charge < -0.3 is 15.0 Å². The third kappa shape index (κ3) is 6.36. The molecule has 2 amide bonds. The number of anilines is 1. The maximum absolute atomic E-state index is 12.8. The van der Waals surface area contributed by atoms with Crippen LogP contribution in [-0.2, 0) is 17.7 Å². The van der Waals surface area contributed by atoms with Gasteiger partial charge >= 0.3 is 12.0 Å². The van der Waals surface area contributed by atoms with E-state index >= 15 is 0 Å². The third-order valence-electron chi connectivity index (χ3n) is 4.18. The number of thiazole rings is 1. The summed E-state index contributed by atoms with van der Waals surface area (Å²) in [6.07, 6.45) is 3.98. The summed E-state index contributed by atoms with van der Waals surface area (Å²) in [5, 5.41) is 5.35. The average molecular weight is 390 g/mol. The Bertz CT molecular complexity index is 760. The number of aromatic nitrogens is 1.